The summed E-state index contributed by atoms with van der Waals surface area (Å²) in [5.74, 6) is 0.470. The van der Waals surface area contributed by atoms with Gasteiger partial charge in [-0.1, -0.05) is 0 Å². The van der Waals surface area contributed by atoms with E-state index >= 15 is 0 Å². The molecule has 1 aromatic carbocycles. The molecule has 0 aliphatic heterocycles. The first-order chi connectivity index (χ1) is 8.53. The third-order valence-electron chi connectivity index (χ3n) is 2.56. The van der Waals surface area contributed by atoms with Crippen molar-refractivity contribution in [2.75, 3.05) is 21.3 Å². The molecule has 1 aromatic rings. The third-order valence-corrected chi connectivity index (χ3v) is 2.56. The van der Waals surface area contributed by atoms with Gasteiger partial charge in [0.2, 0.25) is 0 Å². The Morgan fingerprint density at radius 3 is 2.06 bits per heavy atom. The van der Waals surface area contributed by atoms with Gasteiger partial charge in [-0.3, -0.25) is 4.79 Å². The van der Waals surface area contributed by atoms with Crippen LogP contribution in [0.2, 0.25) is 0 Å². The smallest absolute Gasteiger partial charge is 0.320 e. The van der Waals surface area contributed by atoms with Crippen LogP contribution in [0.5, 0.6) is 17.2 Å². The molecule has 100 valence electrons. The van der Waals surface area contributed by atoms with Crippen LogP contribution in [0.25, 0.3) is 0 Å². The zero-order chi connectivity index (χ0) is 13.7. The maximum Gasteiger partial charge on any atom is 0.320 e. The molecule has 0 spiro atoms. The maximum absolute atomic E-state index is 10.8. The average molecular weight is 255 g/mol. The molecule has 3 N–H and O–H groups in total. The summed E-state index contributed by atoms with van der Waals surface area (Å²) < 4.78 is 15.5. The molecule has 0 aliphatic rings. The fourth-order valence-corrected chi connectivity index (χ4v) is 1.59. The van der Waals surface area contributed by atoms with Crippen molar-refractivity contribution in [3.8, 4) is 17.2 Å². The highest BCUT2D eigenvalue weighted by Gasteiger charge is 2.19. The number of ether oxygens (including phenoxy) is 3. The third kappa shape index (κ3) is 3.04. The van der Waals surface area contributed by atoms with E-state index in [1.807, 2.05) is 0 Å². The summed E-state index contributed by atoms with van der Waals surface area (Å²) >= 11 is 0. The van der Waals surface area contributed by atoms with Crippen molar-refractivity contribution in [3.05, 3.63) is 17.7 Å². The molecule has 0 aliphatic carbocycles. The van der Waals surface area contributed by atoms with Crippen molar-refractivity contribution in [1.82, 2.24) is 0 Å². The molecular formula is C12H17NO5. The lowest BCUT2D eigenvalue weighted by atomic mass is 10.0. The lowest BCUT2D eigenvalue weighted by Gasteiger charge is -2.16. The van der Waals surface area contributed by atoms with Gasteiger partial charge in [0.25, 0.3) is 0 Å². The molecule has 0 heterocycles. The predicted octanol–water partition coefficient (Wildman–Crippen LogP) is 0.667. The average Bonchev–Trinajstić information content (AvgIpc) is 2.38. The predicted molar refractivity (Wildman–Crippen MR) is 65.4 cm³/mol. The van der Waals surface area contributed by atoms with Crippen LogP contribution in [-0.4, -0.2) is 38.4 Å². The number of hydrogen-bond donors (Lipinski definition) is 2. The van der Waals surface area contributed by atoms with Gasteiger partial charge < -0.3 is 25.1 Å². The molecule has 0 saturated carbocycles. The van der Waals surface area contributed by atoms with E-state index in [4.69, 9.17) is 25.1 Å². The lowest BCUT2D eigenvalue weighted by Crippen LogP contribution is -2.32. The van der Waals surface area contributed by atoms with Gasteiger partial charge in [0, 0.05) is 24.1 Å². The number of benzene rings is 1. The number of carboxylic acids is 1. The Hall–Kier alpha value is -1.95. The highest BCUT2D eigenvalue weighted by Crippen LogP contribution is 2.34. The molecule has 0 amide bonds. The highest BCUT2D eigenvalue weighted by molar-refractivity contribution is 5.74. The maximum atomic E-state index is 10.8. The molecule has 6 heteroatoms. The Labute approximate surface area is 105 Å². The molecule has 0 radical (unpaired) electrons. The van der Waals surface area contributed by atoms with Crippen LogP contribution in [0.1, 0.15) is 5.56 Å². The molecule has 1 rings (SSSR count). The Bertz CT molecular complexity index is 407. The van der Waals surface area contributed by atoms with E-state index in [2.05, 4.69) is 0 Å². The minimum atomic E-state index is -1.07. The van der Waals surface area contributed by atoms with Gasteiger partial charge in [0.05, 0.1) is 21.3 Å². The van der Waals surface area contributed by atoms with Crippen LogP contribution in [0.4, 0.5) is 0 Å². The first kappa shape index (κ1) is 14.1. The molecule has 0 fully saturated rings. The summed E-state index contributed by atoms with van der Waals surface area (Å²) in [4.78, 5) is 10.8. The Morgan fingerprint density at radius 2 is 1.72 bits per heavy atom. The minimum Gasteiger partial charge on any atom is -0.496 e. The first-order valence-corrected chi connectivity index (χ1v) is 5.30. The standard InChI is InChI=1S/C12H17NO5/c1-16-7-4-10(17-2)8(11(5-7)18-3)6-9(13)12(14)15/h4-5,9H,6,13H2,1-3H3,(H,14,15)/t9-/m0/s1. The second-order valence-electron chi connectivity index (χ2n) is 3.66. The summed E-state index contributed by atoms with van der Waals surface area (Å²) in [6.07, 6.45) is 0.117. The number of methoxy groups -OCH3 is 3. The van der Waals surface area contributed by atoms with E-state index < -0.39 is 12.0 Å². The molecule has 6 nitrogen and oxygen atoms in total. The number of carbonyl (C=O) groups is 1. The van der Waals surface area contributed by atoms with Gasteiger partial charge in [-0.25, -0.2) is 0 Å². The fraction of sp³-hybridized carbons (Fsp3) is 0.417. The van der Waals surface area contributed by atoms with Crippen molar-refractivity contribution < 1.29 is 24.1 Å². The van der Waals surface area contributed by atoms with Gasteiger partial charge in [-0.05, 0) is 0 Å². The molecule has 0 aromatic heterocycles. The Kier molecular flexibility index (Phi) is 4.79. The van der Waals surface area contributed by atoms with Gasteiger partial charge >= 0.3 is 5.97 Å². The molecule has 0 unspecified atom stereocenters. The summed E-state index contributed by atoms with van der Waals surface area (Å²) in [5, 5.41) is 8.84. The number of nitrogens with two attached hydrogens (primary N) is 1. The van der Waals surface area contributed by atoms with Crippen molar-refractivity contribution in [1.29, 1.82) is 0 Å². The van der Waals surface area contributed by atoms with Crippen LogP contribution in [0.3, 0.4) is 0 Å². The van der Waals surface area contributed by atoms with Crippen molar-refractivity contribution >= 4 is 5.97 Å². The monoisotopic (exact) mass is 255 g/mol. The number of carboxylic acid groups (broad SMARTS) is 1. The van der Waals surface area contributed by atoms with Gasteiger partial charge in [-0.15, -0.1) is 0 Å². The first-order valence-electron chi connectivity index (χ1n) is 5.30. The van der Waals surface area contributed by atoms with E-state index in [1.165, 1.54) is 21.3 Å². The largest absolute Gasteiger partial charge is 0.496 e. The number of hydrogen-bond acceptors (Lipinski definition) is 5. The second-order valence-corrected chi connectivity index (χ2v) is 3.66. The van der Waals surface area contributed by atoms with Crippen molar-refractivity contribution in [2.45, 2.75) is 12.5 Å². The zero-order valence-corrected chi connectivity index (χ0v) is 10.6. The Morgan fingerprint density at radius 1 is 1.22 bits per heavy atom. The quantitative estimate of drug-likeness (QED) is 0.776. The lowest BCUT2D eigenvalue weighted by molar-refractivity contribution is -0.138. The molecule has 0 saturated heterocycles. The summed E-state index contributed by atoms with van der Waals surface area (Å²) in [7, 11) is 4.50. The summed E-state index contributed by atoms with van der Waals surface area (Å²) in [6, 6.07) is 2.31. The van der Waals surface area contributed by atoms with Crippen molar-refractivity contribution in [3.63, 3.8) is 0 Å². The van der Waals surface area contributed by atoms with E-state index in [0.717, 1.165) is 0 Å². The van der Waals surface area contributed by atoms with E-state index in [-0.39, 0.29) is 6.42 Å². The van der Waals surface area contributed by atoms with Gasteiger partial charge in [-0.2, -0.15) is 0 Å². The molecule has 0 bridgehead atoms. The number of aliphatic carboxylic acids is 1. The molecule has 1 atom stereocenters. The van der Waals surface area contributed by atoms with Gasteiger partial charge in [0.1, 0.15) is 23.3 Å². The highest BCUT2D eigenvalue weighted by atomic mass is 16.5. The Balaban J connectivity index is 3.18. The topological polar surface area (TPSA) is 91.0 Å². The number of rotatable bonds is 6. The SMILES string of the molecule is COc1cc(OC)c(C[C@H](N)C(=O)O)c(OC)c1. The fourth-order valence-electron chi connectivity index (χ4n) is 1.59. The van der Waals surface area contributed by atoms with Crippen LogP contribution in [-0.2, 0) is 11.2 Å². The van der Waals surface area contributed by atoms with E-state index in [0.29, 0.717) is 22.8 Å². The summed E-state index contributed by atoms with van der Waals surface area (Å²) in [5.41, 5.74) is 6.13. The molecular weight excluding hydrogens is 238 g/mol. The van der Waals surface area contributed by atoms with Crippen LogP contribution >= 0.6 is 0 Å². The molecule has 18 heavy (non-hydrogen) atoms. The van der Waals surface area contributed by atoms with Crippen LogP contribution < -0.4 is 19.9 Å². The zero-order valence-electron chi connectivity index (χ0n) is 10.6. The van der Waals surface area contributed by atoms with Crippen LogP contribution in [0, 0.1) is 0 Å². The van der Waals surface area contributed by atoms with Gasteiger partial charge in [0.15, 0.2) is 0 Å². The van der Waals surface area contributed by atoms with E-state index in [9.17, 15) is 4.79 Å². The van der Waals surface area contributed by atoms with E-state index in [1.54, 1.807) is 12.1 Å². The normalized spacial score (nSPS) is 11.8. The minimum absolute atomic E-state index is 0.117. The second kappa shape index (κ2) is 6.11. The van der Waals surface area contributed by atoms with Crippen LogP contribution in [0.15, 0.2) is 12.1 Å². The summed E-state index contributed by atoms with van der Waals surface area (Å²) in [6.45, 7) is 0. The van der Waals surface area contributed by atoms with Crippen molar-refractivity contribution in [2.24, 2.45) is 5.73 Å².